The molecule has 1 aliphatic heterocycles. The third-order valence-electron chi connectivity index (χ3n) is 2.91. The van der Waals surface area contributed by atoms with Crippen molar-refractivity contribution < 1.29 is 9.84 Å². The van der Waals surface area contributed by atoms with E-state index in [0.29, 0.717) is 12.5 Å². The van der Waals surface area contributed by atoms with Crippen molar-refractivity contribution in [1.29, 1.82) is 0 Å². The monoisotopic (exact) mass is 238 g/mol. The Morgan fingerprint density at radius 3 is 2.88 bits per heavy atom. The van der Waals surface area contributed by atoms with E-state index >= 15 is 0 Å². The van der Waals surface area contributed by atoms with Gasteiger partial charge in [0.1, 0.15) is 12.4 Å². The summed E-state index contributed by atoms with van der Waals surface area (Å²) in [6, 6.07) is 8.31. The molecule has 1 aromatic carbocycles. The molecule has 1 aliphatic rings. The number of benzene rings is 1. The van der Waals surface area contributed by atoms with E-state index in [-0.39, 0.29) is 6.61 Å². The van der Waals surface area contributed by atoms with Gasteiger partial charge in [-0.1, -0.05) is 12.1 Å². The van der Waals surface area contributed by atoms with E-state index < -0.39 is 0 Å². The summed E-state index contributed by atoms with van der Waals surface area (Å²) in [4.78, 5) is 0. The summed E-state index contributed by atoms with van der Waals surface area (Å²) in [5.74, 6) is 4.11. The van der Waals surface area contributed by atoms with Crippen LogP contribution in [0.25, 0.3) is 0 Å². The second kappa shape index (κ2) is 6.16. The Morgan fingerprint density at radius 1 is 1.31 bits per heavy atom. The van der Waals surface area contributed by atoms with Gasteiger partial charge in [-0.2, -0.15) is 11.8 Å². The van der Waals surface area contributed by atoms with Crippen LogP contribution in [-0.4, -0.2) is 29.8 Å². The molecule has 0 radical (unpaired) electrons. The van der Waals surface area contributed by atoms with Crippen LogP contribution in [0.3, 0.4) is 0 Å². The number of ether oxygens (including phenoxy) is 1. The van der Waals surface area contributed by atoms with Crippen LogP contribution in [0, 0.1) is 0 Å². The summed E-state index contributed by atoms with van der Waals surface area (Å²) in [5, 5.41) is 8.72. The van der Waals surface area contributed by atoms with Gasteiger partial charge in [-0.25, -0.2) is 0 Å². The van der Waals surface area contributed by atoms with Gasteiger partial charge in [-0.3, -0.25) is 0 Å². The Labute approximate surface area is 101 Å². The van der Waals surface area contributed by atoms with Gasteiger partial charge in [0, 0.05) is 0 Å². The first-order chi connectivity index (χ1) is 7.90. The maximum absolute atomic E-state index is 8.72. The van der Waals surface area contributed by atoms with Crippen molar-refractivity contribution in [2.24, 2.45) is 0 Å². The zero-order valence-corrected chi connectivity index (χ0v) is 10.2. The fraction of sp³-hybridized carbons (Fsp3) is 0.538. The van der Waals surface area contributed by atoms with E-state index in [0.717, 1.165) is 5.75 Å². The van der Waals surface area contributed by atoms with Gasteiger partial charge in [0.05, 0.1) is 6.61 Å². The van der Waals surface area contributed by atoms with E-state index in [9.17, 15) is 0 Å². The third-order valence-corrected chi connectivity index (χ3v) is 3.96. The molecule has 88 valence electrons. The van der Waals surface area contributed by atoms with Gasteiger partial charge in [0.15, 0.2) is 0 Å². The van der Waals surface area contributed by atoms with E-state index in [1.165, 1.54) is 29.9 Å². The van der Waals surface area contributed by atoms with Gasteiger partial charge in [0.25, 0.3) is 0 Å². The molecule has 0 saturated carbocycles. The predicted octanol–water partition coefficient (Wildman–Crippen LogP) is 2.67. The Bertz CT molecular complexity index is 321. The quantitative estimate of drug-likeness (QED) is 0.874. The van der Waals surface area contributed by atoms with Gasteiger partial charge < -0.3 is 9.84 Å². The molecule has 16 heavy (non-hydrogen) atoms. The first-order valence-electron chi connectivity index (χ1n) is 5.81. The van der Waals surface area contributed by atoms with Gasteiger partial charge in [-0.05, 0) is 48.0 Å². The van der Waals surface area contributed by atoms with Crippen LogP contribution < -0.4 is 4.74 Å². The first-order valence-corrected chi connectivity index (χ1v) is 6.97. The molecule has 1 N–H and O–H groups in total. The molecular formula is C13H18O2S. The Kier molecular flexibility index (Phi) is 4.55. The van der Waals surface area contributed by atoms with Crippen molar-refractivity contribution >= 4 is 11.8 Å². The molecule has 0 aromatic heterocycles. The fourth-order valence-corrected chi connectivity index (χ4v) is 3.16. The first kappa shape index (κ1) is 11.8. The van der Waals surface area contributed by atoms with Crippen molar-refractivity contribution in [3.05, 3.63) is 29.8 Å². The van der Waals surface area contributed by atoms with Crippen LogP contribution in [-0.2, 0) is 0 Å². The van der Waals surface area contributed by atoms with Crippen molar-refractivity contribution in [2.75, 3.05) is 24.7 Å². The molecule has 0 atom stereocenters. The highest BCUT2D eigenvalue weighted by Crippen LogP contribution is 2.32. The maximum atomic E-state index is 8.72. The summed E-state index contributed by atoms with van der Waals surface area (Å²) >= 11 is 2.05. The highest BCUT2D eigenvalue weighted by molar-refractivity contribution is 7.99. The minimum absolute atomic E-state index is 0.0737. The van der Waals surface area contributed by atoms with Crippen LogP contribution in [0.5, 0.6) is 5.75 Å². The van der Waals surface area contributed by atoms with E-state index in [4.69, 9.17) is 9.84 Å². The molecule has 0 bridgehead atoms. The zero-order chi connectivity index (χ0) is 11.2. The molecule has 2 nitrogen and oxygen atoms in total. The lowest BCUT2D eigenvalue weighted by molar-refractivity contribution is 0.201. The van der Waals surface area contributed by atoms with Crippen molar-refractivity contribution in [2.45, 2.75) is 18.8 Å². The molecule has 3 heteroatoms. The molecule has 1 saturated heterocycles. The smallest absolute Gasteiger partial charge is 0.119 e. The summed E-state index contributed by atoms with van der Waals surface area (Å²) in [7, 11) is 0. The van der Waals surface area contributed by atoms with Crippen LogP contribution >= 0.6 is 11.8 Å². The Hall–Kier alpha value is -0.670. The van der Waals surface area contributed by atoms with Gasteiger partial charge >= 0.3 is 0 Å². The van der Waals surface area contributed by atoms with E-state index in [1.807, 2.05) is 23.9 Å². The summed E-state index contributed by atoms with van der Waals surface area (Å²) in [5.41, 5.74) is 1.38. The molecule has 1 aromatic rings. The molecule has 1 fully saturated rings. The molecule has 0 amide bonds. The highest BCUT2D eigenvalue weighted by atomic mass is 32.2. The highest BCUT2D eigenvalue weighted by Gasteiger charge is 2.15. The Balaban J connectivity index is 2.02. The second-order valence-corrected chi connectivity index (χ2v) is 5.26. The van der Waals surface area contributed by atoms with Crippen molar-refractivity contribution in [3.8, 4) is 5.75 Å². The molecular weight excluding hydrogens is 220 g/mol. The van der Waals surface area contributed by atoms with Crippen molar-refractivity contribution in [1.82, 2.24) is 0 Å². The normalized spacial score (nSPS) is 17.3. The number of thioether (sulfide) groups is 1. The minimum atomic E-state index is 0.0737. The van der Waals surface area contributed by atoms with Crippen LogP contribution in [0.4, 0.5) is 0 Å². The second-order valence-electron chi connectivity index (χ2n) is 4.03. The predicted molar refractivity (Wildman–Crippen MR) is 68.3 cm³/mol. The number of rotatable bonds is 4. The summed E-state index contributed by atoms with van der Waals surface area (Å²) in [6.07, 6.45) is 2.54. The average molecular weight is 238 g/mol. The van der Waals surface area contributed by atoms with E-state index in [1.54, 1.807) is 0 Å². The van der Waals surface area contributed by atoms with Crippen LogP contribution in [0.1, 0.15) is 24.3 Å². The number of aliphatic hydroxyl groups is 1. The average Bonchev–Trinajstić information content (AvgIpc) is 2.38. The lowest BCUT2D eigenvalue weighted by Gasteiger charge is -2.22. The SMILES string of the molecule is OCCOc1cccc(C2CCSCC2)c1. The largest absolute Gasteiger partial charge is 0.491 e. The van der Waals surface area contributed by atoms with Gasteiger partial charge in [0.2, 0.25) is 0 Å². The molecule has 0 aliphatic carbocycles. The molecule has 1 heterocycles. The van der Waals surface area contributed by atoms with Gasteiger partial charge in [-0.15, -0.1) is 0 Å². The number of hydrogen-bond donors (Lipinski definition) is 1. The van der Waals surface area contributed by atoms with Crippen molar-refractivity contribution in [3.63, 3.8) is 0 Å². The summed E-state index contributed by atoms with van der Waals surface area (Å²) in [6.45, 7) is 0.453. The lowest BCUT2D eigenvalue weighted by atomic mass is 9.93. The lowest BCUT2D eigenvalue weighted by Crippen LogP contribution is -2.08. The topological polar surface area (TPSA) is 29.5 Å². The third kappa shape index (κ3) is 3.16. The fourth-order valence-electron chi connectivity index (χ4n) is 2.05. The summed E-state index contributed by atoms with van der Waals surface area (Å²) < 4.78 is 5.43. The standard InChI is InChI=1S/C13H18O2S/c14-6-7-15-13-3-1-2-12(10-13)11-4-8-16-9-5-11/h1-3,10-11,14H,4-9H2. The Morgan fingerprint density at radius 2 is 2.12 bits per heavy atom. The van der Waals surface area contributed by atoms with E-state index in [2.05, 4.69) is 12.1 Å². The molecule has 0 spiro atoms. The number of aliphatic hydroxyl groups excluding tert-OH is 1. The minimum Gasteiger partial charge on any atom is -0.491 e. The molecule has 2 rings (SSSR count). The van der Waals surface area contributed by atoms with Crippen LogP contribution in [0.15, 0.2) is 24.3 Å². The zero-order valence-electron chi connectivity index (χ0n) is 9.39. The number of hydrogen-bond acceptors (Lipinski definition) is 3. The van der Waals surface area contributed by atoms with Crippen LogP contribution in [0.2, 0.25) is 0 Å². The maximum Gasteiger partial charge on any atom is 0.119 e. The molecule has 0 unspecified atom stereocenters.